The Morgan fingerprint density at radius 2 is 2.71 bits per heavy atom. The number of carbonyl (C=O) groups excluding carboxylic acids is 1. The quantitative estimate of drug-likeness (QED) is 0.338. The largest absolute Gasteiger partial charge is 1.00 e. The van der Waals surface area contributed by atoms with Crippen molar-refractivity contribution in [3.63, 3.8) is 0 Å². The van der Waals surface area contributed by atoms with Gasteiger partial charge in [0.15, 0.2) is 0 Å². The van der Waals surface area contributed by atoms with Gasteiger partial charge in [-0.25, -0.2) is 0 Å². The van der Waals surface area contributed by atoms with Crippen molar-refractivity contribution in [3.8, 4) is 0 Å². The summed E-state index contributed by atoms with van der Waals surface area (Å²) in [6, 6.07) is 0. The summed E-state index contributed by atoms with van der Waals surface area (Å²) < 4.78 is 10.4. The molecule has 0 aliphatic heterocycles. The van der Waals surface area contributed by atoms with Gasteiger partial charge < -0.3 is 14.6 Å². The summed E-state index contributed by atoms with van der Waals surface area (Å²) in [6.45, 7) is -0.483. The number of rotatable bonds is 2. The molecule has 0 aromatic heterocycles. The van der Waals surface area contributed by atoms with E-state index in [2.05, 4.69) is 4.74 Å². The molecule has 36 valence electrons. The molecule has 7 heavy (non-hydrogen) atoms. The maximum Gasteiger partial charge on any atom is 1.00 e. The van der Waals surface area contributed by atoms with Crippen molar-refractivity contribution in [1.29, 1.82) is 0 Å². The molecule has 0 atom stereocenters. The van der Waals surface area contributed by atoms with E-state index < -0.39 is 12.6 Å². The van der Waals surface area contributed by atoms with Gasteiger partial charge in [0.05, 0.1) is 13.9 Å². The second-order valence-corrected chi connectivity index (χ2v) is 0.720. The molecule has 0 aliphatic rings. The van der Waals surface area contributed by atoms with Crippen molar-refractivity contribution >= 4 is 5.97 Å². The summed E-state index contributed by atoms with van der Waals surface area (Å²) in [5.41, 5.74) is 0. The molecule has 0 unspecified atom stereocenters. The summed E-state index contributed by atoms with van der Waals surface area (Å²) >= 11 is 0. The van der Waals surface area contributed by atoms with Crippen molar-refractivity contribution in [1.82, 2.24) is 0 Å². The molecule has 0 fully saturated rings. The summed E-state index contributed by atoms with van der Waals surface area (Å²) in [6.07, 6.45) is 0. The molecule has 0 radical (unpaired) electrons. The fourth-order valence-corrected chi connectivity index (χ4v) is 0.0833. The zero-order valence-corrected chi connectivity index (χ0v) is 6.14. The van der Waals surface area contributed by atoms with Crippen molar-refractivity contribution in [2.45, 2.75) is 0 Å². The molecule has 0 spiro atoms. The van der Waals surface area contributed by atoms with Gasteiger partial charge in [-0.05, 0) is 0 Å². The van der Waals surface area contributed by atoms with Crippen molar-refractivity contribution in [2.24, 2.45) is 0 Å². The first-order chi connectivity index (χ1) is 3.27. The molecule has 0 aromatic rings. The smallest absolute Gasteiger partial charge is 0.548 e. The van der Waals surface area contributed by atoms with E-state index in [1.807, 2.05) is 0 Å². The molecule has 0 aromatic carbocycles. The SMILES string of the molecule is [2H]COCC(=O)[O-].[Na+]. The van der Waals surface area contributed by atoms with E-state index in [0.29, 0.717) is 0 Å². The Hall–Kier alpha value is 0.430. The summed E-state index contributed by atoms with van der Waals surface area (Å²) in [4.78, 5) is 9.44. The van der Waals surface area contributed by atoms with E-state index in [4.69, 9.17) is 1.37 Å². The number of methoxy groups -OCH3 is 1. The minimum absolute atomic E-state index is 0. The predicted octanol–water partition coefficient (Wildman–Crippen LogP) is -4.61. The molecule has 0 saturated carbocycles. The third-order valence-electron chi connectivity index (χ3n) is 0.220. The van der Waals surface area contributed by atoms with Crippen LogP contribution in [-0.2, 0) is 9.53 Å². The third-order valence-corrected chi connectivity index (χ3v) is 0.220. The number of carbonyl (C=O) groups is 1. The topological polar surface area (TPSA) is 49.4 Å². The molecule has 0 rings (SSSR count). The third kappa shape index (κ3) is 10.7. The molecule has 0 heterocycles. The summed E-state index contributed by atoms with van der Waals surface area (Å²) in [5.74, 6) is -1.28. The van der Waals surface area contributed by atoms with Crippen molar-refractivity contribution in [3.05, 3.63) is 0 Å². The van der Waals surface area contributed by atoms with Crippen LogP contribution in [0.25, 0.3) is 0 Å². The number of hydrogen-bond acceptors (Lipinski definition) is 3. The van der Waals surface area contributed by atoms with Gasteiger partial charge in [-0.15, -0.1) is 0 Å². The number of carboxylic acid groups (broad SMARTS) is 1. The van der Waals surface area contributed by atoms with E-state index in [1.165, 1.54) is 0 Å². The average Bonchev–Trinajstić information content (AvgIpc) is 1.61. The van der Waals surface area contributed by atoms with Gasteiger partial charge in [-0.1, -0.05) is 0 Å². The fraction of sp³-hybridized carbons (Fsp3) is 0.667. The van der Waals surface area contributed by atoms with Crippen LogP contribution in [0, 0.1) is 0 Å². The van der Waals surface area contributed by atoms with Gasteiger partial charge in [-0.3, -0.25) is 0 Å². The first-order valence-corrected chi connectivity index (χ1v) is 1.34. The van der Waals surface area contributed by atoms with Gasteiger partial charge in [0, 0.05) is 7.09 Å². The first kappa shape index (κ1) is 7.43. The summed E-state index contributed by atoms with van der Waals surface area (Å²) in [5, 5.41) is 9.44. The van der Waals surface area contributed by atoms with Crippen LogP contribution < -0.4 is 34.7 Å². The molecule has 0 aliphatic carbocycles. The minimum Gasteiger partial charge on any atom is -0.548 e. The molecular weight excluding hydrogens is 107 g/mol. The number of carboxylic acids is 1. The van der Waals surface area contributed by atoms with Crippen molar-refractivity contribution in [2.75, 3.05) is 13.7 Å². The minimum atomic E-state index is -1.28. The Balaban J connectivity index is 0. The van der Waals surface area contributed by atoms with Gasteiger partial charge in [0.25, 0.3) is 0 Å². The molecule has 0 bridgehead atoms. The van der Waals surface area contributed by atoms with Gasteiger partial charge >= 0.3 is 29.6 Å². The zero-order chi connectivity index (χ0) is 5.70. The average molecular weight is 113 g/mol. The second-order valence-electron chi connectivity index (χ2n) is 0.720. The van der Waals surface area contributed by atoms with Crippen LogP contribution in [0.5, 0.6) is 0 Å². The maximum atomic E-state index is 9.44. The van der Waals surface area contributed by atoms with Crippen LogP contribution in [0.2, 0.25) is 0 Å². The standard InChI is InChI=1S/C3H6O3.Na/c1-6-2-3(4)5;/h2H2,1H3,(H,4,5);/q;+1/p-1/i1D;. The number of ether oxygens (including phenoxy) is 1. The van der Waals surface area contributed by atoms with Crippen LogP contribution in [0.3, 0.4) is 0 Å². The predicted molar refractivity (Wildman–Crippen MR) is 16.9 cm³/mol. The second kappa shape index (κ2) is 6.43. The fourth-order valence-electron chi connectivity index (χ4n) is 0.0833. The van der Waals surface area contributed by atoms with E-state index in [1.54, 1.807) is 0 Å². The molecule has 3 nitrogen and oxygen atoms in total. The van der Waals surface area contributed by atoms with Crippen LogP contribution >= 0.6 is 0 Å². The van der Waals surface area contributed by atoms with Gasteiger partial charge in [0.2, 0.25) is 0 Å². The van der Waals surface area contributed by atoms with Crippen molar-refractivity contribution < 1.29 is 45.6 Å². The Bertz CT molecular complexity index is 67.5. The van der Waals surface area contributed by atoms with Crippen LogP contribution in [0.1, 0.15) is 1.37 Å². The van der Waals surface area contributed by atoms with E-state index in [-0.39, 0.29) is 36.6 Å². The van der Waals surface area contributed by atoms with Crippen LogP contribution in [0.15, 0.2) is 0 Å². The molecular formula is C3H5NaO3. The number of aliphatic carboxylic acids is 1. The van der Waals surface area contributed by atoms with E-state index in [9.17, 15) is 9.90 Å². The zero-order valence-electron chi connectivity index (χ0n) is 5.14. The van der Waals surface area contributed by atoms with Crippen LogP contribution in [-0.4, -0.2) is 19.7 Å². The van der Waals surface area contributed by atoms with Crippen LogP contribution in [0.4, 0.5) is 0 Å². The monoisotopic (exact) mass is 113 g/mol. The van der Waals surface area contributed by atoms with E-state index >= 15 is 0 Å². The molecule has 0 saturated heterocycles. The Morgan fingerprint density at radius 1 is 2.14 bits per heavy atom. The normalized spacial score (nSPS) is 8.86. The molecule has 0 N–H and O–H groups in total. The number of hydrogen-bond donors (Lipinski definition) is 0. The first-order valence-electron chi connectivity index (χ1n) is 2.05. The maximum absolute atomic E-state index is 9.44. The van der Waals surface area contributed by atoms with Gasteiger partial charge in [0.1, 0.15) is 0 Å². The summed E-state index contributed by atoms with van der Waals surface area (Å²) in [7, 11) is -0.325. The van der Waals surface area contributed by atoms with E-state index in [0.717, 1.165) is 0 Å². The Morgan fingerprint density at radius 3 is 2.86 bits per heavy atom. The Kier molecular flexibility index (Phi) is 6.82. The Labute approximate surface area is 65.4 Å². The molecule has 0 amide bonds. The van der Waals surface area contributed by atoms with Gasteiger partial charge in [-0.2, -0.15) is 0 Å². The molecule has 4 heteroatoms.